The number of hydrogen-bond donors (Lipinski definition) is 2. The van der Waals surface area contributed by atoms with E-state index in [9.17, 15) is 0 Å². The van der Waals surface area contributed by atoms with Gasteiger partial charge in [0.25, 0.3) is 0 Å². The summed E-state index contributed by atoms with van der Waals surface area (Å²) in [4.78, 5) is 0. The summed E-state index contributed by atoms with van der Waals surface area (Å²) in [6.07, 6.45) is 3.40. The Bertz CT molecular complexity index is 721. The molecule has 2 aromatic carbocycles. The van der Waals surface area contributed by atoms with Crippen molar-refractivity contribution >= 4 is 11.4 Å². The van der Waals surface area contributed by atoms with Gasteiger partial charge in [-0.25, -0.2) is 0 Å². The van der Waals surface area contributed by atoms with Crippen LogP contribution in [0.4, 0.5) is 11.4 Å². The van der Waals surface area contributed by atoms with Gasteiger partial charge in [-0.05, 0) is 36.4 Å². The number of nitrogens with zero attached hydrogens (tertiary/aromatic N) is 4. The van der Waals surface area contributed by atoms with Crippen LogP contribution in [-0.2, 0) is 7.05 Å². The minimum atomic E-state index is 0.218. The van der Waals surface area contributed by atoms with E-state index in [1.54, 1.807) is 65.6 Å². The molecule has 0 radical (unpaired) electrons. The number of aromatic nitrogens is 2. The molecule has 22 heavy (non-hydrogen) atoms. The van der Waals surface area contributed by atoms with Gasteiger partial charge in [0, 0.05) is 7.05 Å². The third kappa shape index (κ3) is 5.09. The van der Waals surface area contributed by atoms with Gasteiger partial charge in [0.2, 0.25) is 0 Å². The quantitative estimate of drug-likeness (QED) is 0.703. The fourth-order valence-corrected chi connectivity index (χ4v) is 1.52. The van der Waals surface area contributed by atoms with Gasteiger partial charge in [-0.2, -0.15) is 10.2 Å². The highest BCUT2D eigenvalue weighted by atomic mass is 16.3. The van der Waals surface area contributed by atoms with Crippen LogP contribution in [0.2, 0.25) is 0 Å². The highest BCUT2D eigenvalue weighted by Crippen LogP contribution is 2.19. The summed E-state index contributed by atoms with van der Waals surface area (Å²) in [6.45, 7) is 0. The van der Waals surface area contributed by atoms with Crippen molar-refractivity contribution in [3.05, 3.63) is 67.0 Å². The Morgan fingerprint density at radius 2 is 1.41 bits per heavy atom. The molecule has 0 aliphatic heterocycles. The highest BCUT2D eigenvalue weighted by Gasteiger charge is 1.93. The Kier molecular flexibility index (Phi) is 5.25. The van der Waals surface area contributed by atoms with Gasteiger partial charge < -0.3 is 10.2 Å². The molecule has 6 nitrogen and oxygen atoms in total. The number of azo groups is 1. The fourth-order valence-electron chi connectivity index (χ4n) is 1.52. The predicted octanol–water partition coefficient (Wildman–Crippen LogP) is 3.93. The Balaban J connectivity index is 0.000000211. The van der Waals surface area contributed by atoms with Crippen LogP contribution in [0.1, 0.15) is 0 Å². The summed E-state index contributed by atoms with van der Waals surface area (Å²) in [5.41, 5.74) is 1.39. The minimum Gasteiger partial charge on any atom is -0.508 e. The van der Waals surface area contributed by atoms with Crippen molar-refractivity contribution in [3.8, 4) is 11.5 Å². The zero-order valence-corrected chi connectivity index (χ0v) is 12.0. The molecule has 0 amide bonds. The van der Waals surface area contributed by atoms with Crippen LogP contribution in [0.3, 0.4) is 0 Å². The van der Waals surface area contributed by atoms with Gasteiger partial charge in [0.05, 0.1) is 18.1 Å². The van der Waals surface area contributed by atoms with Crippen molar-refractivity contribution < 1.29 is 10.2 Å². The van der Waals surface area contributed by atoms with Crippen molar-refractivity contribution in [1.29, 1.82) is 0 Å². The first-order valence-corrected chi connectivity index (χ1v) is 6.57. The number of aryl methyl sites for hydroxylation is 1. The van der Waals surface area contributed by atoms with Crippen LogP contribution >= 0.6 is 0 Å². The second-order valence-corrected chi connectivity index (χ2v) is 4.42. The lowest BCUT2D eigenvalue weighted by Gasteiger charge is -1.91. The molecule has 1 heterocycles. The standard InChI is InChI=1S/C10H10N4O.C6H6O/c1-14-7-9(6-11-14)13-12-8-2-4-10(15)5-3-8;7-6-4-2-1-3-5-6/h2-7,15H,1H3;1-5,7H. The van der Waals surface area contributed by atoms with Crippen LogP contribution in [0, 0.1) is 0 Å². The fraction of sp³-hybridized carbons (Fsp3) is 0.0625. The first-order valence-electron chi connectivity index (χ1n) is 6.57. The molecule has 0 spiro atoms. The average molecular weight is 296 g/mol. The number of benzene rings is 2. The lowest BCUT2D eigenvalue weighted by Crippen LogP contribution is -1.83. The van der Waals surface area contributed by atoms with E-state index < -0.39 is 0 Å². The number of hydrogen-bond acceptors (Lipinski definition) is 5. The molecular formula is C16H16N4O2. The first kappa shape index (κ1) is 15.2. The molecule has 0 saturated carbocycles. The number of phenolic OH excluding ortho intramolecular Hbond substituents is 2. The zero-order valence-electron chi connectivity index (χ0n) is 12.0. The summed E-state index contributed by atoms with van der Waals surface area (Å²) in [5, 5.41) is 29.6. The topological polar surface area (TPSA) is 83.0 Å². The molecule has 0 unspecified atom stereocenters. The number of para-hydroxylation sites is 1. The average Bonchev–Trinajstić information content (AvgIpc) is 2.94. The maximum absolute atomic E-state index is 9.06. The summed E-state index contributed by atoms with van der Waals surface area (Å²) in [6, 6.07) is 15.2. The highest BCUT2D eigenvalue weighted by molar-refractivity contribution is 5.41. The molecule has 1 aromatic heterocycles. The summed E-state index contributed by atoms with van der Waals surface area (Å²) >= 11 is 0. The molecule has 3 aromatic rings. The van der Waals surface area contributed by atoms with E-state index in [-0.39, 0.29) is 5.75 Å². The largest absolute Gasteiger partial charge is 0.508 e. The second-order valence-electron chi connectivity index (χ2n) is 4.42. The van der Waals surface area contributed by atoms with Gasteiger partial charge in [0.1, 0.15) is 17.2 Å². The normalized spacial score (nSPS) is 10.2. The molecule has 0 aliphatic rings. The smallest absolute Gasteiger partial charge is 0.124 e. The Morgan fingerprint density at radius 3 is 1.91 bits per heavy atom. The van der Waals surface area contributed by atoms with Crippen LogP contribution in [0.25, 0.3) is 0 Å². The molecule has 0 bridgehead atoms. The van der Waals surface area contributed by atoms with E-state index >= 15 is 0 Å². The van der Waals surface area contributed by atoms with E-state index in [0.717, 1.165) is 0 Å². The van der Waals surface area contributed by atoms with Crippen LogP contribution < -0.4 is 0 Å². The second kappa shape index (κ2) is 7.58. The molecule has 0 aliphatic carbocycles. The number of aromatic hydroxyl groups is 2. The van der Waals surface area contributed by atoms with Crippen LogP contribution in [-0.4, -0.2) is 20.0 Å². The van der Waals surface area contributed by atoms with Gasteiger partial charge in [0.15, 0.2) is 0 Å². The number of rotatable bonds is 2. The van der Waals surface area contributed by atoms with Crippen molar-refractivity contribution in [2.75, 3.05) is 0 Å². The van der Waals surface area contributed by atoms with E-state index in [4.69, 9.17) is 10.2 Å². The molecule has 2 N–H and O–H groups in total. The van der Waals surface area contributed by atoms with Gasteiger partial charge >= 0.3 is 0 Å². The molecule has 0 atom stereocenters. The third-order valence-corrected chi connectivity index (χ3v) is 2.58. The Labute approximate surface area is 128 Å². The van der Waals surface area contributed by atoms with Gasteiger partial charge in [-0.15, -0.1) is 5.11 Å². The zero-order chi connectivity index (χ0) is 15.8. The summed E-state index contributed by atoms with van der Waals surface area (Å²) in [7, 11) is 1.82. The minimum absolute atomic E-state index is 0.218. The first-order chi connectivity index (χ1) is 10.6. The lowest BCUT2D eigenvalue weighted by atomic mass is 10.3. The SMILES string of the molecule is Cn1cc(N=Nc2ccc(O)cc2)cn1.Oc1ccccc1. The maximum Gasteiger partial charge on any atom is 0.124 e. The van der Waals surface area contributed by atoms with E-state index in [0.29, 0.717) is 17.1 Å². The van der Waals surface area contributed by atoms with E-state index in [2.05, 4.69) is 15.3 Å². The molecule has 3 rings (SSSR count). The molecule has 0 saturated heterocycles. The molecule has 6 heteroatoms. The van der Waals surface area contributed by atoms with Crippen LogP contribution in [0.15, 0.2) is 77.2 Å². The van der Waals surface area contributed by atoms with Crippen molar-refractivity contribution in [1.82, 2.24) is 9.78 Å². The summed E-state index contributed by atoms with van der Waals surface area (Å²) < 4.78 is 1.66. The lowest BCUT2D eigenvalue weighted by molar-refractivity contribution is 0.475. The van der Waals surface area contributed by atoms with E-state index in [1.165, 1.54) is 0 Å². The molecule has 0 fully saturated rings. The predicted molar refractivity (Wildman–Crippen MR) is 83.6 cm³/mol. The molecule has 112 valence electrons. The van der Waals surface area contributed by atoms with Crippen molar-refractivity contribution in [2.45, 2.75) is 0 Å². The van der Waals surface area contributed by atoms with Gasteiger partial charge in [-0.1, -0.05) is 18.2 Å². The molecular weight excluding hydrogens is 280 g/mol. The Hall–Kier alpha value is -3.15. The maximum atomic E-state index is 9.06. The summed E-state index contributed by atoms with van der Waals surface area (Å²) in [5.74, 6) is 0.540. The Morgan fingerprint density at radius 1 is 0.818 bits per heavy atom. The van der Waals surface area contributed by atoms with Gasteiger partial charge in [-0.3, -0.25) is 4.68 Å². The van der Waals surface area contributed by atoms with Crippen molar-refractivity contribution in [2.24, 2.45) is 17.3 Å². The van der Waals surface area contributed by atoms with Crippen molar-refractivity contribution in [3.63, 3.8) is 0 Å². The number of phenols is 2. The monoisotopic (exact) mass is 296 g/mol. The third-order valence-electron chi connectivity index (χ3n) is 2.58. The van der Waals surface area contributed by atoms with E-state index in [1.807, 2.05) is 13.1 Å². The van der Waals surface area contributed by atoms with Crippen LogP contribution in [0.5, 0.6) is 11.5 Å².